The fraction of sp³-hybridized carbons (Fsp3) is 0.586. The minimum atomic E-state index is -3.86. The molecule has 1 aliphatic rings. The number of ether oxygens (including phenoxy) is 2. The second-order valence-corrected chi connectivity index (χ2v) is 13.7. The van der Waals surface area contributed by atoms with Gasteiger partial charge < -0.3 is 14.4 Å². The number of alkyl halides is 1. The zero-order valence-electron chi connectivity index (χ0n) is 24.1. The first kappa shape index (κ1) is 30.7. The molecule has 0 saturated carbocycles. The number of halogens is 1. The smallest absolute Gasteiger partial charge is 0.410 e. The number of sulfonamides is 1. The highest BCUT2D eigenvalue weighted by Crippen LogP contribution is 2.28. The van der Waals surface area contributed by atoms with Gasteiger partial charge in [-0.1, -0.05) is 33.8 Å². The van der Waals surface area contributed by atoms with Crippen LogP contribution in [0.25, 0.3) is 0 Å². The first-order valence-electron chi connectivity index (χ1n) is 13.5. The van der Waals surface area contributed by atoms with E-state index in [0.717, 1.165) is 5.56 Å². The highest BCUT2D eigenvalue weighted by molar-refractivity contribution is 7.92. The van der Waals surface area contributed by atoms with Gasteiger partial charge in [-0.3, -0.25) is 0 Å². The summed E-state index contributed by atoms with van der Waals surface area (Å²) in [5.41, 5.74) is 0.400. The third-order valence-electron chi connectivity index (χ3n) is 6.43. The highest BCUT2D eigenvalue weighted by Gasteiger charge is 2.34. The summed E-state index contributed by atoms with van der Waals surface area (Å²) in [6.45, 7) is 14.1. The van der Waals surface area contributed by atoms with Gasteiger partial charge in [0.15, 0.2) is 0 Å². The number of pyridine rings is 1. The molecule has 1 saturated heterocycles. The van der Waals surface area contributed by atoms with Crippen LogP contribution in [-0.4, -0.2) is 62.4 Å². The van der Waals surface area contributed by atoms with Crippen LogP contribution < -0.4 is 9.04 Å². The molecule has 2 heterocycles. The second-order valence-electron chi connectivity index (χ2n) is 11.8. The Kier molecular flexibility index (Phi) is 9.85. The van der Waals surface area contributed by atoms with Gasteiger partial charge in [0, 0.05) is 25.2 Å². The van der Waals surface area contributed by atoms with Gasteiger partial charge in [0.2, 0.25) is 0 Å². The molecular formula is C29H42FN3O5S. The van der Waals surface area contributed by atoms with Crippen molar-refractivity contribution < 1.29 is 27.1 Å². The Morgan fingerprint density at radius 3 is 2.31 bits per heavy atom. The van der Waals surface area contributed by atoms with Crippen LogP contribution in [0.1, 0.15) is 66.4 Å². The molecule has 2 aromatic rings. The molecule has 0 spiro atoms. The summed E-state index contributed by atoms with van der Waals surface area (Å²) in [7, 11) is -3.86. The number of amides is 1. The van der Waals surface area contributed by atoms with Crippen molar-refractivity contribution in [3.05, 3.63) is 48.2 Å². The van der Waals surface area contributed by atoms with Gasteiger partial charge >= 0.3 is 6.09 Å². The lowest BCUT2D eigenvalue weighted by molar-refractivity contribution is 0.000402. The largest absolute Gasteiger partial charge is 0.493 e. The summed E-state index contributed by atoms with van der Waals surface area (Å²) in [6, 6.07) is 9.81. The van der Waals surface area contributed by atoms with Crippen molar-refractivity contribution in [2.75, 3.05) is 30.5 Å². The summed E-state index contributed by atoms with van der Waals surface area (Å²) in [6.07, 6.45) is 0.402. The number of nitrogens with zero attached hydrogens (tertiary/aromatic N) is 3. The average molecular weight is 564 g/mol. The predicted molar refractivity (Wildman–Crippen MR) is 150 cm³/mol. The van der Waals surface area contributed by atoms with E-state index in [0.29, 0.717) is 30.5 Å². The lowest BCUT2D eigenvalue weighted by atomic mass is 9.96. The van der Waals surface area contributed by atoms with E-state index >= 15 is 0 Å². The molecule has 10 heteroatoms. The van der Waals surface area contributed by atoms with Crippen LogP contribution in [0.4, 0.5) is 15.0 Å². The summed E-state index contributed by atoms with van der Waals surface area (Å²) in [5.74, 6) is 0.822. The van der Waals surface area contributed by atoms with E-state index in [4.69, 9.17) is 9.47 Å². The van der Waals surface area contributed by atoms with Gasteiger partial charge in [-0.2, -0.15) is 0 Å². The van der Waals surface area contributed by atoms with Crippen LogP contribution >= 0.6 is 0 Å². The molecule has 8 nitrogen and oxygen atoms in total. The number of benzene rings is 1. The number of anilines is 1. The number of likely N-dealkylation sites (tertiary alicyclic amines) is 1. The number of aromatic nitrogens is 1. The third-order valence-corrected chi connectivity index (χ3v) is 8.21. The number of hydrogen-bond donors (Lipinski definition) is 0. The maximum Gasteiger partial charge on any atom is 0.410 e. The van der Waals surface area contributed by atoms with Gasteiger partial charge in [-0.25, -0.2) is 26.9 Å². The number of hydrogen-bond acceptors (Lipinski definition) is 6. The molecule has 0 bridgehead atoms. The minimum absolute atomic E-state index is 0.0437. The SMILES string of the molecule is CC(C)CN(c1ccc(C(C)C)cn1)S(=O)(=O)c1ccc(OCC2CCN(C(=O)OC(C)(C)C)CC2F)cc1. The van der Waals surface area contributed by atoms with E-state index in [9.17, 15) is 17.6 Å². The van der Waals surface area contributed by atoms with Gasteiger partial charge in [0.1, 0.15) is 23.3 Å². The summed E-state index contributed by atoms with van der Waals surface area (Å²) in [4.78, 5) is 18.2. The topological polar surface area (TPSA) is 89.0 Å². The first-order chi connectivity index (χ1) is 18.2. The maximum atomic E-state index is 14.8. The molecule has 0 radical (unpaired) electrons. The zero-order chi connectivity index (χ0) is 29.0. The van der Waals surface area contributed by atoms with Gasteiger partial charge in [0.05, 0.1) is 18.0 Å². The van der Waals surface area contributed by atoms with E-state index < -0.39 is 27.9 Å². The lowest BCUT2D eigenvalue weighted by Gasteiger charge is -2.35. The summed E-state index contributed by atoms with van der Waals surface area (Å²) in [5, 5.41) is 0. The molecule has 3 rings (SSSR count). The van der Waals surface area contributed by atoms with E-state index in [1.54, 1.807) is 45.2 Å². The molecule has 216 valence electrons. The van der Waals surface area contributed by atoms with Crippen LogP contribution in [0.15, 0.2) is 47.5 Å². The van der Waals surface area contributed by atoms with Gasteiger partial charge in [-0.15, -0.1) is 0 Å². The number of carbonyl (C=O) groups is 1. The molecule has 1 aromatic heterocycles. The van der Waals surface area contributed by atoms with Crippen LogP contribution in [0.2, 0.25) is 0 Å². The van der Waals surface area contributed by atoms with Crippen molar-refractivity contribution >= 4 is 21.9 Å². The number of piperidine rings is 1. The fourth-order valence-corrected chi connectivity index (χ4v) is 5.79. The fourth-order valence-electron chi connectivity index (χ4n) is 4.20. The van der Waals surface area contributed by atoms with Crippen molar-refractivity contribution in [3.63, 3.8) is 0 Å². The number of rotatable bonds is 9. The Morgan fingerprint density at radius 2 is 1.79 bits per heavy atom. The Balaban J connectivity index is 1.65. The standard InChI is InChI=1S/C29H42FN3O5S/c1-20(2)17-33(27-13-8-22(16-31-27)21(3)4)39(35,36)25-11-9-24(10-12-25)37-19-23-14-15-32(18-26(23)30)28(34)38-29(5,6)7/h8-13,16,20-21,23,26H,14-15,17-19H2,1-7H3. The molecule has 2 atom stereocenters. The Hall–Kier alpha value is -2.88. The molecule has 0 N–H and O–H groups in total. The van der Waals surface area contributed by atoms with Crippen molar-refractivity contribution in [3.8, 4) is 5.75 Å². The summed E-state index contributed by atoms with van der Waals surface area (Å²) < 4.78 is 54.5. The monoisotopic (exact) mass is 563 g/mol. The van der Waals surface area contributed by atoms with Crippen molar-refractivity contribution in [2.24, 2.45) is 11.8 Å². The molecule has 39 heavy (non-hydrogen) atoms. The second kappa shape index (κ2) is 12.5. The quantitative estimate of drug-likeness (QED) is 0.370. The third kappa shape index (κ3) is 8.30. The first-order valence-corrected chi connectivity index (χ1v) is 14.9. The average Bonchev–Trinajstić information content (AvgIpc) is 2.85. The van der Waals surface area contributed by atoms with E-state index in [-0.39, 0.29) is 36.4 Å². The van der Waals surface area contributed by atoms with Gasteiger partial charge in [0.25, 0.3) is 10.0 Å². The minimum Gasteiger partial charge on any atom is -0.493 e. The molecule has 1 aromatic carbocycles. The van der Waals surface area contributed by atoms with Gasteiger partial charge in [-0.05, 0) is 74.9 Å². The lowest BCUT2D eigenvalue weighted by Crippen LogP contribution is -2.48. The van der Waals surface area contributed by atoms with Crippen molar-refractivity contribution in [2.45, 2.75) is 77.5 Å². The van der Waals surface area contributed by atoms with E-state index in [2.05, 4.69) is 18.8 Å². The zero-order valence-corrected chi connectivity index (χ0v) is 24.9. The highest BCUT2D eigenvalue weighted by atomic mass is 32.2. The Morgan fingerprint density at radius 1 is 1.13 bits per heavy atom. The van der Waals surface area contributed by atoms with Crippen LogP contribution in [0.3, 0.4) is 0 Å². The van der Waals surface area contributed by atoms with Crippen LogP contribution in [0, 0.1) is 11.8 Å². The van der Waals surface area contributed by atoms with Crippen LogP contribution in [0.5, 0.6) is 5.75 Å². The Labute approximate surface area is 232 Å². The molecular weight excluding hydrogens is 521 g/mol. The van der Waals surface area contributed by atoms with Crippen molar-refractivity contribution in [1.29, 1.82) is 0 Å². The molecule has 1 aliphatic heterocycles. The Bertz CT molecular complexity index is 1190. The summed E-state index contributed by atoms with van der Waals surface area (Å²) >= 11 is 0. The maximum absolute atomic E-state index is 14.8. The van der Waals surface area contributed by atoms with E-state index in [1.165, 1.54) is 21.3 Å². The molecule has 1 fully saturated rings. The molecule has 0 aliphatic carbocycles. The molecule has 2 unspecified atom stereocenters. The van der Waals surface area contributed by atoms with Crippen molar-refractivity contribution in [1.82, 2.24) is 9.88 Å². The normalized spacial score (nSPS) is 18.4. The van der Waals surface area contributed by atoms with Crippen LogP contribution in [-0.2, 0) is 14.8 Å². The van der Waals surface area contributed by atoms with E-state index in [1.807, 2.05) is 19.9 Å². The number of carbonyl (C=O) groups excluding carboxylic acids is 1. The predicted octanol–water partition coefficient (Wildman–Crippen LogP) is 6.03. The molecule has 1 amide bonds.